The average molecular weight is 379 g/mol. The largest absolute Gasteiger partial charge is 0.326 e. The van der Waals surface area contributed by atoms with Crippen LogP contribution in [0.1, 0.15) is 6.42 Å². The van der Waals surface area contributed by atoms with Gasteiger partial charge in [0.05, 0.1) is 17.1 Å². The summed E-state index contributed by atoms with van der Waals surface area (Å²) in [7, 11) is 0. The van der Waals surface area contributed by atoms with Crippen molar-refractivity contribution in [3.63, 3.8) is 0 Å². The molecule has 0 unspecified atom stereocenters. The van der Waals surface area contributed by atoms with E-state index in [2.05, 4.69) is 15.4 Å². The maximum absolute atomic E-state index is 12.3. The first kappa shape index (κ1) is 17.3. The van der Waals surface area contributed by atoms with E-state index in [1.54, 1.807) is 15.9 Å². The number of nitrogens with zero attached hydrogens (tertiary/aromatic N) is 4. The summed E-state index contributed by atoms with van der Waals surface area (Å²) in [5, 5.41) is 6.93. The number of rotatable bonds is 5. The molecule has 0 bridgehead atoms. The van der Waals surface area contributed by atoms with Crippen LogP contribution in [0.2, 0.25) is 0 Å². The van der Waals surface area contributed by atoms with Gasteiger partial charge in [-0.3, -0.25) is 9.59 Å². The number of nitrogens with one attached hydrogen (secondary N) is 1. The summed E-state index contributed by atoms with van der Waals surface area (Å²) >= 11 is 1.53. The quantitative estimate of drug-likeness (QED) is 0.737. The van der Waals surface area contributed by atoms with E-state index in [1.165, 1.54) is 18.1 Å². The topological polar surface area (TPSA) is 80.1 Å². The van der Waals surface area contributed by atoms with E-state index in [1.807, 2.05) is 48.5 Å². The molecule has 0 saturated carbocycles. The average Bonchev–Trinajstić information content (AvgIpc) is 3.22. The summed E-state index contributed by atoms with van der Waals surface area (Å²) in [6.07, 6.45) is 3.31. The molecule has 0 radical (unpaired) electrons. The van der Waals surface area contributed by atoms with Gasteiger partial charge < -0.3 is 10.2 Å². The lowest BCUT2D eigenvalue weighted by Crippen LogP contribution is -2.37. The molecule has 136 valence electrons. The van der Waals surface area contributed by atoms with E-state index in [-0.39, 0.29) is 18.2 Å². The Bertz CT molecular complexity index is 956. The van der Waals surface area contributed by atoms with Crippen LogP contribution < -0.4 is 10.2 Å². The first-order valence-electron chi connectivity index (χ1n) is 8.48. The minimum atomic E-state index is -0.132. The highest BCUT2D eigenvalue weighted by Gasteiger charge is 2.24. The molecule has 27 heavy (non-hydrogen) atoms. The second-order valence-electron chi connectivity index (χ2n) is 5.99. The van der Waals surface area contributed by atoms with Gasteiger partial charge in [-0.15, -0.1) is 11.8 Å². The van der Waals surface area contributed by atoms with E-state index in [0.29, 0.717) is 18.0 Å². The molecule has 1 N–H and O–H groups in total. The molecule has 2 amide bonds. The molecular formula is C19H17N5O2S. The smallest absolute Gasteiger partial charge is 0.237 e. The molecular weight excluding hydrogens is 362 g/mol. The van der Waals surface area contributed by atoms with Gasteiger partial charge in [-0.05, 0) is 36.4 Å². The molecule has 1 aromatic heterocycles. The zero-order valence-corrected chi connectivity index (χ0v) is 15.2. The Morgan fingerprint density at radius 3 is 2.74 bits per heavy atom. The minimum absolute atomic E-state index is 0.0312. The van der Waals surface area contributed by atoms with Crippen LogP contribution in [0.25, 0.3) is 5.69 Å². The number of para-hydroxylation sites is 1. The van der Waals surface area contributed by atoms with Crippen molar-refractivity contribution in [2.24, 2.45) is 0 Å². The van der Waals surface area contributed by atoms with Crippen molar-refractivity contribution in [2.45, 2.75) is 11.3 Å². The molecule has 3 aromatic rings. The number of benzene rings is 2. The van der Waals surface area contributed by atoms with Crippen LogP contribution in [0, 0.1) is 0 Å². The van der Waals surface area contributed by atoms with Gasteiger partial charge in [0.25, 0.3) is 0 Å². The SMILES string of the molecule is O=C(CCN1C(=O)CSc2ccccc21)Nc1ccc(-n2cncn2)cc1. The Kier molecular flexibility index (Phi) is 4.88. The van der Waals surface area contributed by atoms with E-state index in [0.717, 1.165) is 16.3 Å². The van der Waals surface area contributed by atoms with Crippen LogP contribution in [-0.2, 0) is 9.59 Å². The molecule has 0 spiro atoms. The third-order valence-electron chi connectivity index (χ3n) is 4.21. The van der Waals surface area contributed by atoms with Crippen LogP contribution in [0.15, 0.2) is 66.1 Å². The Morgan fingerprint density at radius 1 is 1.15 bits per heavy atom. The summed E-state index contributed by atoms with van der Waals surface area (Å²) in [4.78, 5) is 31.2. The van der Waals surface area contributed by atoms with Gasteiger partial charge in [-0.1, -0.05) is 12.1 Å². The summed E-state index contributed by atoms with van der Waals surface area (Å²) in [6, 6.07) is 15.1. The Balaban J connectivity index is 1.37. The molecule has 0 saturated heterocycles. The molecule has 2 aromatic carbocycles. The van der Waals surface area contributed by atoms with E-state index >= 15 is 0 Å². The van der Waals surface area contributed by atoms with Gasteiger partial charge >= 0.3 is 0 Å². The monoisotopic (exact) mass is 379 g/mol. The van der Waals surface area contributed by atoms with Gasteiger partial charge in [0.15, 0.2) is 0 Å². The molecule has 0 atom stereocenters. The van der Waals surface area contributed by atoms with E-state index in [9.17, 15) is 9.59 Å². The molecule has 7 nitrogen and oxygen atoms in total. The number of hydrogen-bond acceptors (Lipinski definition) is 5. The van der Waals surface area contributed by atoms with Crippen molar-refractivity contribution in [3.8, 4) is 5.69 Å². The number of carbonyl (C=O) groups excluding carboxylic acids is 2. The van der Waals surface area contributed by atoms with Crippen molar-refractivity contribution in [3.05, 3.63) is 61.2 Å². The van der Waals surface area contributed by atoms with E-state index < -0.39 is 0 Å². The normalized spacial score (nSPS) is 13.3. The number of aromatic nitrogens is 3. The highest BCUT2D eigenvalue weighted by molar-refractivity contribution is 8.00. The first-order chi connectivity index (χ1) is 13.2. The maximum atomic E-state index is 12.3. The fourth-order valence-electron chi connectivity index (χ4n) is 2.88. The minimum Gasteiger partial charge on any atom is -0.326 e. The van der Waals surface area contributed by atoms with Crippen LogP contribution in [0.5, 0.6) is 0 Å². The standard InChI is InChI=1S/C19H17N5O2S/c25-18(22-14-5-7-15(8-6-14)24-13-20-12-21-24)9-10-23-16-3-1-2-4-17(16)27-11-19(23)26/h1-8,12-13H,9-11H2,(H,22,25). The predicted molar refractivity (Wildman–Crippen MR) is 104 cm³/mol. The summed E-state index contributed by atoms with van der Waals surface area (Å²) in [5.41, 5.74) is 2.44. The van der Waals surface area contributed by atoms with Crippen LogP contribution in [0.4, 0.5) is 11.4 Å². The zero-order chi connectivity index (χ0) is 18.6. The number of amides is 2. The van der Waals surface area contributed by atoms with Crippen molar-refractivity contribution in [1.82, 2.24) is 14.8 Å². The molecule has 2 heterocycles. The van der Waals surface area contributed by atoms with Crippen LogP contribution >= 0.6 is 11.8 Å². The third-order valence-corrected chi connectivity index (χ3v) is 5.25. The summed E-state index contributed by atoms with van der Waals surface area (Å²) < 4.78 is 1.64. The lowest BCUT2D eigenvalue weighted by atomic mass is 10.2. The number of thioether (sulfide) groups is 1. The fourth-order valence-corrected chi connectivity index (χ4v) is 3.81. The summed E-state index contributed by atoms with van der Waals surface area (Å²) in [5.74, 6) is 0.304. The number of carbonyl (C=O) groups is 2. The molecule has 1 aliphatic heterocycles. The molecule has 0 fully saturated rings. The van der Waals surface area contributed by atoms with Crippen molar-refractivity contribution < 1.29 is 9.59 Å². The zero-order valence-electron chi connectivity index (χ0n) is 14.4. The maximum Gasteiger partial charge on any atom is 0.237 e. The predicted octanol–water partition coefficient (Wildman–Crippen LogP) is 2.73. The molecule has 8 heteroatoms. The van der Waals surface area contributed by atoms with Gasteiger partial charge in [0.2, 0.25) is 11.8 Å². The van der Waals surface area contributed by atoms with Gasteiger partial charge in [0, 0.05) is 23.5 Å². The van der Waals surface area contributed by atoms with Crippen molar-refractivity contribution in [1.29, 1.82) is 0 Å². The second-order valence-corrected chi connectivity index (χ2v) is 7.00. The molecule has 0 aliphatic carbocycles. The Labute approximate surface area is 160 Å². The van der Waals surface area contributed by atoms with Gasteiger partial charge in [-0.2, -0.15) is 5.10 Å². The number of fused-ring (bicyclic) bond motifs is 1. The third kappa shape index (κ3) is 3.85. The van der Waals surface area contributed by atoms with E-state index in [4.69, 9.17) is 0 Å². The van der Waals surface area contributed by atoms with Gasteiger partial charge in [-0.25, -0.2) is 9.67 Å². The fraction of sp³-hybridized carbons (Fsp3) is 0.158. The number of hydrogen-bond donors (Lipinski definition) is 1. The molecule has 1 aliphatic rings. The Morgan fingerprint density at radius 2 is 1.96 bits per heavy atom. The lowest BCUT2D eigenvalue weighted by molar-refractivity contribution is -0.117. The van der Waals surface area contributed by atoms with Crippen LogP contribution in [0.3, 0.4) is 0 Å². The van der Waals surface area contributed by atoms with Crippen molar-refractivity contribution >= 4 is 35.0 Å². The lowest BCUT2D eigenvalue weighted by Gasteiger charge is -2.28. The summed E-state index contributed by atoms with van der Waals surface area (Å²) in [6.45, 7) is 0.360. The Hall–Kier alpha value is -3.13. The number of anilines is 2. The highest BCUT2D eigenvalue weighted by atomic mass is 32.2. The second kappa shape index (κ2) is 7.63. The first-order valence-corrected chi connectivity index (χ1v) is 9.46. The van der Waals surface area contributed by atoms with Gasteiger partial charge in [0.1, 0.15) is 12.7 Å². The van der Waals surface area contributed by atoms with Crippen molar-refractivity contribution in [2.75, 3.05) is 22.5 Å². The highest BCUT2D eigenvalue weighted by Crippen LogP contribution is 2.34. The van der Waals surface area contributed by atoms with Crippen LogP contribution in [-0.4, -0.2) is 38.9 Å². The molecule has 4 rings (SSSR count).